The summed E-state index contributed by atoms with van der Waals surface area (Å²) in [5.41, 5.74) is 0. The molecule has 0 aliphatic carbocycles. The van der Waals surface area contributed by atoms with Gasteiger partial charge in [0.05, 0.1) is 6.61 Å². The Kier molecular flexibility index (Phi) is 7.76. The summed E-state index contributed by atoms with van der Waals surface area (Å²) < 4.78 is 4.79. The Balaban J connectivity index is 3.00. The van der Waals surface area contributed by atoms with Gasteiger partial charge in [-0.25, -0.2) is 0 Å². The van der Waals surface area contributed by atoms with Crippen molar-refractivity contribution in [2.75, 3.05) is 6.61 Å². The number of hydrogen-bond acceptors (Lipinski definition) is 2. The molecule has 0 rings (SSSR count). The van der Waals surface area contributed by atoms with Gasteiger partial charge in [0.2, 0.25) is 0 Å². The first-order chi connectivity index (χ1) is 5.77. The highest BCUT2D eigenvalue weighted by molar-refractivity contribution is 5.65. The second-order valence-corrected chi connectivity index (χ2v) is 2.72. The molecule has 0 aromatic heterocycles. The Bertz CT molecular complexity index is 139. The minimum absolute atomic E-state index is 0.181. The summed E-state index contributed by atoms with van der Waals surface area (Å²) in [5, 5.41) is 0. The first-order valence-corrected chi connectivity index (χ1v) is 4.55. The molecule has 0 aliphatic rings. The maximum atomic E-state index is 10.3. The molecule has 0 bridgehead atoms. The zero-order chi connectivity index (χ0) is 9.23. The molecule has 12 heavy (non-hydrogen) atoms. The van der Waals surface area contributed by atoms with Gasteiger partial charge in [-0.3, -0.25) is 4.79 Å². The molecular weight excluding hydrogens is 152 g/mol. The Morgan fingerprint density at radius 3 is 2.67 bits per heavy atom. The Hall–Kier alpha value is -0.790. The number of rotatable bonds is 6. The monoisotopic (exact) mass is 170 g/mol. The van der Waals surface area contributed by atoms with E-state index in [9.17, 15) is 4.79 Å². The van der Waals surface area contributed by atoms with Crippen LogP contribution < -0.4 is 0 Å². The maximum Gasteiger partial charge on any atom is 0.302 e. The van der Waals surface area contributed by atoms with Gasteiger partial charge in [0.15, 0.2) is 0 Å². The molecule has 0 saturated heterocycles. The molecule has 0 aromatic carbocycles. The Morgan fingerprint density at radius 1 is 1.33 bits per heavy atom. The molecule has 70 valence electrons. The summed E-state index contributed by atoms with van der Waals surface area (Å²) in [6, 6.07) is 0. The van der Waals surface area contributed by atoms with E-state index < -0.39 is 0 Å². The van der Waals surface area contributed by atoms with Crippen molar-refractivity contribution in [3.8, 4) is 0 Å². The highest BCUT2D eigenvalue weighted by Gasteiger charge is 1.90. The van der Waals surface area contributed by atoms with Crippen LogP contribution in [0.3, 0.4) is 0 Å². The smallest absolute Gasteiger partial charge is 0.302 e. The lowest BCUT2D eigenvalue weighted by molar-refractivity contribution is -0.141. The van der Waals surface area contributed by atoms with E-state index >= 15 is 0 Å². The molecule has 0 aliphatic heterocycles. The zero-order valence-corrected chi connectivity index (χ0v) is 8.01. The van der Waals surface area contributed by atoms with Crippen LogP contribution in [0, 0.1) is 0 Å². The summed E-state index contributed by atoms with van der Waals surface area (Å²) in [6.45, 7) is 4.13. The van der Waals surface area contributed by atoms with Gasteiger partial charge in [0.25, 0.3) is 0 Å². The predicted molar refractivity (Wildman–Crippen MR) is 49.9 cm³/mol. The standard InChI is InChI=1S/C10H18O2/c1-3-4-5-6-7-8-9-12-10(2)11/h4-5H,3,6-9H2,1-2H3/b5-4+. The van der Waals surface area contributed by atoms with Crippen LogP contribution in [0.1, 0.15) is 39.5 Å². The van der Waals surface area contributed by atoms with Crippen LogP contribution in [0.4, 0.5) is 0 Å². The number of carbonyl (C=O) groups is 1. The first kappa shape index (κ1) is 11.2. The van der Waals surface area contributed by atoms with Crippen molar-refractivity contribution in [3.63, 3.8) is 0 Å². The van der Waals surface area contributed by atoms with Gasteiger partial charge in [0.1, 0.15) is 0 Å². The SMILES string of the molecule is CC/C=C/CCCCOC(C)=O. The molecule has 0 saturated carbocycles. The van der Waals surface area contributed by atoms with Crippen molar-refractivity contribution < 1.29 is 9.53 Å². The third-order valence-corrected chi connectivity index (χ3v) is 1.47. The van der Waals surface area contributed by atoms with E-state index in [1.165, 1.54) is 6.92 Å². The van der Waals surface area contributed by atoms with Crippen LogP contribution in [-0.2, 0) is 9.53 Å². The molecule has 0 aromatic rings. The third-order valence-electron chi connectivity index (χ3n) is 1.47. The summed E-state index contributed by atoms with van der Waals surface area (Å²) in [7, 11) is 0. The van der Waals surface area contributed by atoms with Crippen molar-refractivity contribution >= 4 is 5.97 Å². The number of hydrogen-bond donors (Lipinski definition) is 0. The molecule has 0 spiro atoms. The van der Waals surface area contributed by atoms with Crippen LogP contribution >= 0.6 is 0 Å². The van der Waals surface area contributed by atoms with Gasteiger partial charge in [-0.1, -0.05) is 19.1 Å². The Labute approximate surface area is 74.6 Å². The second-order valence-electron chi connectivity index (χ2n) is 2.72. The maximum absolute atomic E-state index is 10.3. The molecule has 0 unspecified atom stereocenters. The van der Waals surface area contributed by atoms with Crippen molar-refractivity contribution in [1.29, 1.82) is 0 Å². The molecule has 0 heterocycles. The molecule has 2 nitrogen and oxygen atoms in total. The highest BCUT2D eigenvalue weighted by Crippen LogP contribution is 1.97. The number of allylic oxidation sites excluding steroid dienone is 2. The minimum Gasteiger partial charge on any atom is -0.466 e. The van der Waals surface area contributed by atoms with E-state index in [2.05, 4.69) is 19.1 Å². The molecule has 0 amide bonds. The van der Waals surface area contributed by atoms with E-state index in [0.29, 0.717) is 6.61 Å². The average Bonchev–Trinajstić information content (AvgIpc) is 2.02. The van der Waals surface area contributed by atoms with E-state index in [1.807, 2.05) is 0 Å². The van der Waals surface area contributed by atoms with E-state index in [4.69, 9.17) is 4.74 Å². The van der Waals surface area contributed by atoms with Gasteiger partial charge in [-0.2, -0.15) is 0 Å². The average molecular weight is 170 g/mol. The van der Waals surface area contributed by atoms with Gasteiger partial charge >= 0.3 is 5.97 Å². The number of carbonyl (C=O) groups excluding carboxylic acids is 1. The van der Waals surface area contributed by atoms with Crippen LogP contribution in [0.5, 0.6) is 0 Å². The fourth-order valence-electron chi connectivity index (χ4n) is 0.865. The quantitative estimate of drug-likeness (QED) is 0.348. The summed E-state index contributed by atoms with van der Waals surface area (Å²) >= 11 is 0. The molecule has 2 heteroatoms. The molecule has 0 N–H and O–H groups in total. The minimum atomic E-state index is -0.181. The fraction of sp³-hybridized carbons (Fsp3) is 0.700. The van der Waals surface area contributed by atoms with Gasteiger partial charge in [0, 0.05) is 6.92 Å². The second kappa shape index (κ2) is 8.31. The largest absolute Gasteiger partial charge is 0.466 e. The van der Waals surface area contributed by atoms with E-state index in [-0.39, 0.29) is 5.97 Å². The van der Waals surface area contributed by atoms with Crippen LogP contribution in [0.15, 0.2) is 12.2 Å². The molecular formula is C10H18O2. The van der Waals surface area contributed by atoms with Gasteiger partial charge in [-0.15, -0.1) is 0 Å². The predicted octanol–water partition coefficient (Wildman–Crippen LogP) is 2.69. The van der Waals surface area contributed by atoms with Gasteiger partial charge < -0.3 is 4.74 Å². The molecule has 0 atom stereocenters. The highest BCUT2D eigenvalue weighted by atomic mass is 16.5. The molecule has 0 fully saturated rings. The zero-order valence-electron chi connectivity index (χ0n) is 8.01. The third kappa shape index (κ3) is 9.21. The van der Waals surface area contributed by atoms with Gasteiger partial charge in [-0.05, 0) is 25.7 Å². The van der Waals surface area contributed by atoms with Crippen LogP contribution in [0.25, 0.3) is 0 Å². The van der Waals surface area contributed by atoms with E-state index in [0.717, 1.165) is 25.7 Å². The lowest BCUT2D eigenvalue weighted by Gasteiger charge is -1.98. The first-order valence-electron chi connectivity index (χ1n) is 4.55. The lowest BCUT2D eigenvalue weighted by Crippen LogP contribution is -1.99. The van der Waals surface area contributed by atoms with Crippen LogP contribution in [0.2, 0.25) is 0 Å². The number of unbranched alkanes of at least 4 members (excludes halogenated alkanes) is 2. The fourth-order valence-corrected chi connectivity index (χ4v) is 0.865. The lowest BCUT2D eigenvalue weighted by atomic mass is 10.2. The normalized spacial score (nSPS) is 10.5. The summed E-state index contributed by atoms with van der Waals surface area (Å²) in [4.78, 5) is 10.3. The van der Waals surface area contributed by atoms with Crippen molar-refractivity contribution in [2.24, 2.45) is 0 Å². The Morgan fingerprint density at radius 2 is 2.08 bits per heavy atom. The van der Waals surface area contributed by atoms with Crippen molar-refractivity contribution in [3.05, 3.63) is 12.2 Å². The summed E-state index contributed by atoms with van der Waals surface area (Å²) in [5.74, 6) is -0.181. The van der Waals surface area contributed by atoms with Crippen molar-refractivity contribution in [1.82, 2.24) is 0 Å². The molecule has 0 radical (unpaired) electrons. The van der Waals surface area contributed by atoms with E-state index in [1.54, 1.807) is 0 Å². The van der Waals surface area contributed by atoms with Crippen molar-refractivity contribution in [2.45, 2.75) is 39.5 Å². The number of esters is 1. The number of ether oxygens (including phenoxy) is 1. The topological polar surface area (TPSA) is 26.3 Å². The van der Waals surface area contributed by atoms with Crippen LogP contribution in [-0.4, -0.2) is 12.6 Å². The summed E-state index contributed by atoms with van der Waals surface area (Å²) in [6.07, 6.45) is 8.59.